The van der Waals surface area contributed by atoms with Gasteiger partial charge in [0, 0.05) is 12.6 Å². The lowest BCUT2D eigenvalue weighted by Gasteiger charge is -2.14. The molecule has 1 atom stereocenters. The molecule has 0 aliphatic carbocycles. The smallest absolute Gasteiger partial charge is 0.0323 e. The summed E-state index contributed by atoms with van der Waals surface area (Å²) >= 11 is 0. The van der Waals surface area contributed by atoms with Gasteiger partial charge in [0.25, 0.3) is 0 Å². The van der Waals surface area contributed by atoms with E-state index in [0.717, 1.165) is 6.54 Å². The first-order chi connectivity index (χ1) is 6.42. The maximum atomic E-state index is 5.69. The average Bonchev–Trinajstić information content (AvgIpc) is 2.70. The van der Waals surface area contributed by atoms with E-state index in [1.54, 1.807) is 0 Å². The van der Waals surface area contributed by atoms with Crippen molar-refractivity contribution in [2.45, 2.75) is 25.4 Å². The second kappa shape index (κ2) is 3.90. The fourth-order valence-electron chi connectivity index (χ4n) is 2.01. The molecule has 1 heterocycles. The molecule has 1 aliphatic rings. The highest BCUT2D eigenvalue weighted by Crippen LogP contribution is 2.25. The lowest BCUT2D eigenvalue weighted by molar-refractivity contribution is 0.640. The van der Waals surface area contributed by atoms with E-state index < -0.39 is 0 Å². The van der Waals surface area contributed by atoms with Crippen LogP contribution in [-0.4, -0.2) is 6.54 Å². The van der Waals surface area contributed by atoms with Gasteiger partial charge in [0.2, 0.25) is 0 Å². The third kappa shape index (κ3) is 1.74. The Morgan fingerprint density at radius 1 is 1.38 bits per heavy atom. The molecule has 0 amide bonds. The lowest BCUT2D eigenvalue weighted by atomic mass is 9.99. The van der Waals surface area contributed by atoms with Gasteiger partial charge in [-0.25, -0.2) is 0 Å². The summed E-state index contributed by atoms with van der Waals surface area (Å²) in [5.41, 5.74) is 8.36. The molecule has 3 N–H and O–H groups in total. The van der Waals surface area contributed by atoms with Crippen LogP contribution >= 0.6 is 0 Å². The fraction of sp³-hybridized carbons (Fsp3) is 0.455. The summed E-state index contributed by atoms with van der Waals surface area (Å²) in [7, 11) is 0. The number of rotatable bonds is 2. The van der Waals surface area contributed by atoms with Crippen molar-refractivity contribution in [3.63, 3.8) is 0 Å². The van der Waals surface area contributed by atoms with Crippen molar-refractivity contribution in [2.24, 2.45) is 5.73 Å². The Morgan fingerprint density at radius 2 is 2.23 bits per heavy atom. The number of hydrogen-bond donors (Lipinski definition) is 2. The predicted octanol–water partition coefficient (Wildman–Crippen LogP) is 1.57. The number of hydrogen-bond acceptors (Lipinski definition) is 2. The number of benzene rings is 1. The lowest BCUT2D eigenvalue weighted by Crippen LogP contribution is -2.15. The van der Waals surface area contributed by atoms with Gasteiger partial charge in [-0.1, -0.05) is 24.3 Å². The molecule has 1 unspecified atom stereocenters. The first kappa shape index (κ1) is 8.73. The zero-order valence-electron chi connectivity index (χ0n) is 7.79. The van der Waals surface area contributed by atoms with Crippen LogP contribution in [0.5, 0.6) is 0 Å². The zero-order valence-corrected chi connectivity index (χ0v) is 7.79. The highest BCUT2D eigenvalue weighted by atomic mass is 14.9. The van der Waals surface area contributed by atoms with Crippen LogP contribution in [0.1, 0.15) is 30.0 Å². The van der Waals surface area contributed by atoms with Crippen LogP contribution in [0.2, 0.25) is 0 Å². The molecule has 2 rings (SSSR count). The molecule has 0 bridgehead atoms. The van der Waals surface area contributed by atoms with E-state index in [2.05, 4.69) is 29.6 Å². The van der Waals surface area contributed by atoms with Crippen LogP contribution in [0.25, 0.3) is 0 Å². The van der Waals surface area contributed by atoms with Crippen LogP contribution in [0, 0.1) is 0 Å². The molecule has 13 heavy (non-hydrogen) atoms. The maximum absolute atomic E-state index is 5.69. The van der Waals surface area contributed by atoms with E-state index >= 15 is 0 Å². The van der Waals surface area contributed by atoms with Crippen molar-refractivity contribution < 1.29 is 0 Å². The van der Waals surface area contributed by atoms with Crippen molar-refractivity contribution in [3.8, 4) is 0 Å². The van der Waals surface area contributed by atoms with E-state index in [1.807, 2.05) is 0 Å². The number of nitrogens with two attached hydrogens (primary N) is 1. The van der Waals surface area contributed by atoms with E-state index in [-0.39, 0.29) is 0 Å². The molecule has 0 saturated carbocycles. The van der Waals surface area contributed by atoms with Crippen LogP contribution in [-0.2, 0) is 6.54 Å². The first-order valence-corrected chi connectivity index (χ1v) is 4.93. The molecule has 0 radical (unpaired) electrons. The Kier molecular flexibility index (Phi) is 2.62. The Morgan fingerprint density at radius 3 is 2.92 bits per heavy atom. The minimum absolute atomic E-state index is 0.541. The van der Waals surface area contributed by atoms with Crippen LogP contribution in [0.15, 0.2) is 24.3 Å². The highest BCUT2D eigenvalue weighted by molar-refractivity contribution is 5.30. The molecule has 2 heteroatoms. The van der Waals surface area contributed by atoms with Crippen LogP contribution < -0.4 is 11.1 Å². The normalized spacial score (nSPS) is 22.1. The van der Waals surface area contributed by atoms with Gasteiger partial charge in [0.1, 0.15) is 0 Å². The maximum Gasteiger partial charge on any atom is 0.0323 e. The molecule has 1 aliphatic heterocycles. The molecule has 70 valence electrons. The van der Waals surface area contributed by atoms with Gasteiger partial charge >= 0.3 is 0 Å². The summed E-state index contributed by atoms with van der Waals surface area (Å²) in [5.74, 6) is 0. The summed E-state index contributed by atoms with van der Waals surface area (Å²) in [6.45, 7) is 1.79. The second-order valence-electron chi connectivity index (χ2n) is 3.55. The third-order valence-electron chi connectivity index (χ3n) is 2.71. The van der Waals surface area contributed by atoms with Gasteiger partial charge in [-0.05, 0) is 30.5 Å². The Labute approximate surface area is 79.1 Å². The molecule has 1 saturated heterocycles. The molecular weight excluding hydrogens is 160 g/mol. The van der Waals surface area contributed by atoms with Crippen molar-refractivity contribution in [3.05, 3.63) is 35.4 Å². The largest absolute Gasteiger partial charge is 0.326 e. The summed E-state index contributed by atoms with van der Waals surface area (Å²) in [6.07, 6.45) is 2.53. The van der Waals surface area contributed by atoms with Crippen molar-refractivity contribution in [2.75, 3.05) is 6.54 Å². The molecular formula is C11H16N2. The van der Waals surface area contributed by atoms with E-state index in [9.17, 15) is 0 Å². The fourth-order valence-corrected chi connectivity index (χ4v) is 2.01. The SMILES string of the molecule is NCc1ccccc1C1CCCN1. The van der Waals surface area contributed by atoms with Gasteiger partial charge in [0.15, 0.2) is 0 Å². The topological polar surface area (TPSA) is 38.0 Å². The second-order valence-corrected chi connectivity index (χ2v) is 3.55. The Bertz CT molecular complexity index is 277. The molecule has 0 spiro atoms. The summed E-state index contributed by atoms with van der Waals surface area (Å²) in [4.78, 5) is 0. The Hall–Kier alpha value is -0.860. The molecule has 1 aromatic carbocycles. The predicted molar refractivity (Wildman–Crippen MR) is 54.3 cm³/mol. The van der Waals surface area contributed by atoms with Gasteiger partial charge in [-0.15, -0.1) is 0 Å². The van der Waals surface area contributed by atoms with E-state index in [4.69, 9.17) is 5.73 Å². The molecule has 1 fully saturated rings. The highest BCUT2D eigenvalue weighted by Gasteiger charge is 2.17. The molecule has 1 aromatic rings. The average molecular weight is 176 g/mol. The van der Waals surface area contributed by atoms with Gasteiger partial charge < -0.3 is 11.1 Å². The first-order valence-electron chi connectivity index (χ1n) is 4.93. The standard InChI is InChI=1S/C11H16N2/c12-8-9-4-1-2-5-10(9)11-6-3-7-13-11/h1-2,4-5,11,13H,3,6-8,12H2. The van der Waals surface area contributed by atoms with Crippen LogP contribution in [0.3, 0.4) is 0 Å². The van der Waals surface area contributed by atoms with Crippen LogP contribution in [0.4, 0.5) is 0 Å². The van der Waals surface area contributed by atoms with Gasteiger partial charge in [0.05, 0.1) is 0 Å². The Balaban J connectivity index is 2.26. The van der Waals surface area contributed by atoms with E-state index in [1.165, 1.54) is 24.0 Å². The van der Waals surface area contributed by atoms with Crippen molar-refractivity contribution in [1.82, 2.24) is 5.32 Å². The third-order valence-corrected chi connectivity index (χ3v) is 2.71. The number of nitrogens with one attached hydrogen (secondary N) is 1. The summed E-state index contributed by atoms with van der Waals surface area (Å²) < 4.78 is 0. The molecule has 0 aromatic heterocycles. The van der Waals surface area contributed by atoms with Crippen molar-refractivity contribution >= 4 is 0 Å². The monoisotopic (exact) mass is 176 g/mol. The zero-order chi connectivity index (χ0) is 9.10. The summed E-state index contributed by atoms with van der Waals surface area (Å²) in [6, 6.07) is 9.00. The summed E-state index contributed by atoms with van der Waals surface area (Å²) in [5, 5.41) is 3.49. The van der Waals surface area contributed by atoms with Gasteiger partial charge in [-0.3, -0.25) is 0 Å². The quantitative estimate of drug-likeness (QED) is 0.717. The van der Waals surface area contributed by atoms with Crippen molar-refractivity contribution in [1.29, 1.82) is 0 Å². The van der Waals surface area contributed by atoms with Gasteiger partial charge in [-0.2, -0.15) is 0 Å². The van der Waals surface area contributed by atoms with E-state index in [0.29, 0.717) is 12.6 Å². The molecule has 2 nitrogen and oxygen atoms in total. The minimum atomic E-state index is 0.541. The minimum Gasteiger partial charge on any atom is -0.326 e.